The highest BCUT2D eigenvalue weighted by Crippen LogP contribution is 2.45. The maximum atomic E-state index is 11.8. The van der Waals surface area contributed by atoms with Crippen LogP contribution in [0.2, 0.25) is 0 Å². The van der Waals surface area contributed by atoms with Crippen LogP contribution in [0.25, 0.3) is 20.9 Å². The molecule has 1 aromatic heterocycles. The van der Waals surface area contributed by atoms with Crippen LogP contribution >= 0.6 is 23.1 Å². The lowest BCUT2D eigenvalue weighted by molar-refractivity contribution is 0.102. The summed E-state index contributed by atoms with van der Waals surface area (Å²) in [5.41, 5.74) is 0. The van der Waals surface area contributed by atoms with Gasteiger partial charge in [-0.2, -0.15) is 0 Å². The predicted molar refractivity (Wildman–Crippen MR) is 74.4 cm³/mol. The van der Waals surface area contributed by atoms with Crippen LogP contribution in [0.15, 0.2) is 41.3 Å². The molecule has 0 fully saturated rings. The minimum absolute atomic E-state index is 0.287. The van der Waals surface area contributed by atoms with Crippen LogP contribution in [0.5, 0.6) is 0 Å². The standard InChI is InChI=1S/C14H8OS2/c15-10-7-16-14-12-9-4-2-1-3-8(9)5-6-11(12)17-13(10)14/h1-6H,7H2. The number of carbonyl (C=O) groups excluding carboxylic acids is 1. The van der Waals surface area contributed by atoms with Crippen molar-refractivity contribution >= 4 is 49.7 Å². The van der Waals surface area contributed by atoms with Gasteiger partial charge in [0.1, 0.15) is 0 Å². The van der Waals surface area contributed by atoms with E-state index in [2.05, 4.69) is 36.4 Å². The maximum Gasteiger partial charge on any atom is 0.184 e. The second-order valence-electron chi connectivity index (χ2n) is 4.13. The highest BCUT2D eigenvalue weighted by atomic mass is 32.2. The quantitative estimate of drug-likeness (QED) is 0.595. The number of benzene rings is 2. The van der Waals surface area contributed by atoms with E-state index in [0.29, 0.717) is 5.75 Å². The van der Waals surface area contributed by atoms with Crippen molar-refractivity contribution in [3.8, 4) is 0 Å². The Labute approximate surface area is 106 Å². The fourth-order valence-corrected chi connectivity index (χ4v) is 4.90. The van der Waals surface area contributed by atoms with Crippen LogP contribution in [-0.2, 0) is 0 Å². The normalized spacial score (nSPS) is 14.7. The van der Waals surface area contributed by atoms with Gasteiger partial charge in [0.15, 0.2) is 5.78 Å². The Morgan fingerprint density at radius 3 is 2.88 bits per heavy atom. The van der Waals surface area contributed by atoms with Gasteiger partial charge in [-0.25, -0.2) is 0 Å². The van der Waals surface area contributed by atoms with Crippen molar-refractivity contribution in [1.82, 2.24) is 0 Å². The molecule has 82 valence electrons. The summed E-state index contributed by atoms with van der Waals surface area (Å²) < 4.78 is 1.23. The number of carbonyl (C=O) groups is 1. The minimum Gasteiger partial charge on any atom is -0.292 e. The summed E-state index contributed by atoms with van der Waals surface area (Å²) in [7, 11) is 0. The summed E-state index contributed by atoms with van der Waals surface area (Å²) >= 11 is 3.33. The number of hydrogen-bond donors (Lipinski definition) is 0. The summed E-state index contributed by atoms with van der Waals surface area (Å²) in [5, 5.41) is 3.80. The lowest BCUT2D eigenvalue weighted by Crippen LogP contribution is -1.90. The molecular weight excluding hydrogens is 248 g/mol. The first kappa shape index (κ1) is 9.68. The summed E-state index contributed by atoms with van der Waals surface area (Å²) in [6, 6.07) is 12.7. The molecule has 0 bridgehead atoms. The van der Waals surface area contributed by atoms with Crippen LogP contribution < -0.4 is 0 Å². The van der Waals surface area contributed by atoms with Crippen molar-refractivity contribution in [1.29, 1.82) is 0 Å². The zero-order chi connectivity index (χ0) is 11.4. The summed E-state index contributed by atoms with van der Waals surface area (Å²) in [6.07, 6.45) is 0. The van der Waals surface area contributed by atoms with Crippen LogP contribution in [0.3, 0.4) is 0 Å². The van der Waals surface area contributed by atoms with Crippen molar-refractivity contribution < 1.29 is 4.79 Å². The van der Waals surface area contributed by atoms with E-state index in [4.69, 9.17) is 0 Å². The van der Waals surface area contributed by atoms with E-state index in [1.54, 1.807) is 23.1 Å². The lowest BCUT2D eigenvalue weighted by Gasteiger charge is -2.00. The van der Waals surface area contributed by atoms with Crippen molar-refractivity contribution in [2.45, 2.75) is 4.90 Å². The molecule has 0 amide bonds. The first-order valence-electron chi connectivity index (χ1n) is 5.45. The number of hydrogen-bond acceptors (Lipinski definition) is 3. The van der Waals surface area contributed by atoms with E-state index >= 15 is 0 Å². The minimum atomic E-state index is 0.287. The molecule has 4 rings (SSSR count). The average molecular weight is 256 g/mol. The topological polar surface area (TPSA) is 17.1 Å². The number of thiophene rings is 1. The van der Waals surface area contributed by atoms with Gasteiger partial charge in [-0.05, 0) is 16.8 Å². The highest BCUT2D eigenvalue weighted by molar-refractivity contribution is 8.01. The summed E-state index contributed by atoms with van der Waals surface area (Å²) in [5.74, 6) is 0.899. The third-order valence-electron chi connectivity index (χ3n) is 3.14. The fourth-order valence-electron chi connectivity index (χ4n) is 2.37. The second kappa shape index (κ2) is 3.34. The molecule has 0 atom stereocenters. The molecule has 2 heterocycles. The zero-order valence-corrected chi connectivity index (χ0v) is 10.5. The van der Waals surface area contributed by atoms with Gasteiger partial charge in [-0.1, -0.05) is 30.3 Å². The van der Waals surface area contributed by atoms with Crippen LogP contribution in [-0.4, -0.2) is 11.5 Å². The summed E-state index contributed by atoms with van der Waals surface area (Å²) in [6.45, 7) is 0. The first-order valence-corrected chi connectivity index (χ1v) is 7.25. The molecule has 2 aromatic carbocycles. The third-order valence-corrected chi connectivity index (χ3v) is 5.57. The van der Waals surface area contributed by atoms with E-state index in [1.807, 2.05) is 0 Å². The molecule has 0 unspecified atom stereocenters. The predicted octanol–water partition coefficient (Wildman–Crippen LogP) is 4.34. The molecule has 1 nitrogen and oxygen atoms in total. The monoisotopic (exact) mass is 256 g/mol. The third kappa shape index (κ3) is 1.24. The van der Waals surface area contributed by atoms with Gasteiger partial charge in [0.2, 0.25) is 0 Å². The van der Waals surface area contributed by atoms with Crippen LogP contribution in [0.1, 0.15) is 9.67 Å². The van der Waals surface area contributed by atoms with E-state index in [0.717, 1.165) is 4.88 Å². The number of fused-ring (bicyclic) bond motifs is 5. The van der Waals surface area contributed by atoms with Crippen molar-refractivity contribution in [2.75, 3.05) is 5.75 Å². The molecule has 1 aliphatic heterocycles. The Kier molecular flexibility index (Phi) is 1.90. The van der Waals surface area contributed by atoms with Gasteiger partial charge >= 0.3 is 0 Å². The van der Waals surface area contributed by atoms with E-state index < -0.39 is 0 Å². The molecule has 1 aliphatic rings. The smallest absolute Gasteiger partial charge is 0.184 e. The Morgan fingerprint density at radius 2 is 1.94 bits per heavy atom. The molecule has 0 N–H and O–H groups in total. The molecule has 0 spiro atoms. The maximum absolute atomic E-state index is 11.8. The first-order chi connectivity index (χ1) is 8.34. The SMILES string of the molecule is O=C1CSc2c1sc1ccc3ccccc3c21. The van der Waals surface area contributed by atoms with Crippen LogP contribution in [0.4, 0.5) is 0 Å². The molecule has 0 aliphatic carbocycles. The zero-order valence-electron chi connectivity index (χ0n) is 8.90. The highest BCUT2D eigenvalue weighted by Gasteiger charge is 2.26. The van der Waals surface area contributed by atoms with E-state index in [-0.39, 0.29) is 5.78 Å². The van der Waals surface area contributed by atoms with Crippen molar-refractivity contribution in [3.05, 3.63) is 41.3 Å². The number of ketones is 1. The largest absolute Gasteiger partial charge is 0.292 e. The van der Waals surface area contributed by atoms with Gasteiger partial charge in [0, 0.05) is 15.0 Å². The van der Waals surface area contributed by atoms with Crippen molar-refractivity contribution in [2.24, 2.45) is 0 Å². The van der Waals surface area contributed by atoms with Gasteiger partial charge in [-0.3, -0.25) is 4.79 Å². The van der Waals surface area contributed by atoms with Gasteiger partial charge in [-0.15, -0.1) is 23.1 Å². The molecule has 0 saturated carbocycles. The molecule has 0 radical (unpaired) electrons. The van der Waals surface area contributed by atoms with Gasteiger partial charge in [0.25, 0.3) is 0 Å². The summed E-state index contributed by atoms with van der Waals surface area (Å²) in [4.78, 5) is 13.9. The second-order valence-corrected chi connectivity index (χ2v) is 6.17. The van der Waals surface area contributed by atoms with Crippen LogP contribution in [0, 0.1) is 0 Å². The number of thioether (sulfide) groups is 1. The number of rotatable bonds is 0. The van der Waals surface area contributed by atoms with Crippen molar-refractivity contribution in [3.63, 3.8) is 0 Å². The van der Waals surface area contributed by atoms with Gasteiger partial charge < -0.3 is 0 Å². The molecule has 3 heteroatoms. The number of Topliss-reactive ketones (excluding diaryl/α,β-unsaturated/α-hetero) is 1. The molecule has 17 heavy (non-hydrogen) atoms. The lowest BCUT2D eigenvalue weighted by atomic mass is 10.1. The van der Waals surface area contributed by atoms with Gasteiger partial charge in [0.05, 0.1) is 10.6 Å². The Hall–Kier alpha value is -1.32. The Balaban J connectivity index is 2.26. The molecule has 0 saturated heterocycles. The Bertz CT molecular complexity index is 770. The Morgan fingerprint density at radius 1 is 1.06 bits per heavy atom. The fraction of sp³-hybridized carbons (Fsp3) is 0.0714. The molecule has 3 aromatic rings. The molecular formula is C14H8OS2. The van der Waals surface area contributed by atoms with E-state index in [1.165, 1.54) is 25.8 Å². The van der Waals surface area contributed by atoms with E-state index in [9.17, 15) is 4.79 Å². The average Bonchev–Trinajstić information content (AvgIpc) is 2.90.